The first-order chi connectivity index (χ1) is 2.00. The van der Waals surface area contributed by atoms with Crippen LogP contribution >= 0.6 is 0 Å². The van der Waals surface area contributed by atoms with Gasteiger partial charge in [-0.25, -0.2) is 0 Å². The zero-order valence-corrected chi connectivity index (χ0v) is 9.02. The molecule has 0 atom stereocenters. The Hall–Kier alpha value is 1.99. The molecule has 5 nitrogen and oxygen atoms in total. The van der Waals surface area contributed by atoms with Crippen LogP contribution in [0.3, 0.4) is 0 Å². The van der Waals surface area contributed by atoms with E-state index in [-0.39, 0.29) is 75.4 Å². The molecule has 8 heavy (non-hydrogen) atoms. The largest absolute Gasteiger partial charge is 1.00 e. The molecule has 50 valence electrons. The molecule has 0 aromatic carbocycles. The molecule has 0 aliphatic heterocycles. The van der Waals surface area contributed by atoms with Gasteiger partial charge >= 0.3 is 61.8 Å². The molecule has 0 aromatic heterocycles. The molecule has 0 saturated carbocycles. The summed E-state index contributed by atoms with van der Waals surface area (Å²) < 4.78 is 31.6. The monoisotopic (exact) mass is 212 g/mol. The second-order valence-electron chi connectivity index (χ2n) is 0.448. The van der Waals surface area contributed by atoms with Gasteiger partial charge in [-0.15, -0.1) is 0 Å². The van der Waals surface area contributed by atoms with Crippen LogP contribution in [0, 0.1) is 0 Å². The molecular formula is H5FeKO5S. The summed E-state index contributed by atoms with van der Waals surface area (Å²) in [7, 11) is -4.67. The van der Waals surface area contributed by atoms with Crippen molar-refractivity contribution in [3.63, 3.8) is 0 Å². The number of hydrogen-bond acceptors (Lipinski definition) is 2. The molecule has 0 aliphatic rings. The summed E-state index contributed by atoms with van der Waals surface area (Å²) in [6.45, 7) is 0. The van der Waals surface area contributed by atoms with Crippen LogP contribution < -0.4 is 51.4 Å². The van der Waals surface area contributed by atoms with Crippen molar-refractivity contribution < 1.29 is 92.9 Å². The van der Waals surface area contributed by atoms with Crippen molar-refractivity contribution >= 4 is 10.4 Å². The van der Waals surface area contributed by atoms with Crippen LogP contribution in [-0.2, 0) is 27.5 Å². The quantitative estimate of drug-likeness (QED) is 0.312. The fourth-order valence-electron chi connectivity index (χ4n) is 0. The van der Waals surface area contributed by atoms with Gasteiger partial charge in [0.2, 0.25) is 0 Å². The molecular weight excluding hydrogens is 207 g/mol. The van der Waals surface area contributed by atoms with Gasteiger partial charge in [-0.2, -0.15) is 8.42 Å². The fourth-order valence-corrected chi connectivity index (χ4v) is 0. The van der Waals surface area contributed by atoms with Crippen LogP contribution in [0.15, 0.2) is 0 Å². The topological polar surface area (TPSA) is 106 Å². The Kier molecular flexibility index (Phi) is 25.3. The SMILES string of the molecule is O.O=S(=O)(O)O.[Fe].[H-].[K+]. The summed E-state index contributed by atoms with van der Waals surface area (Å²) in [5.74, 6) is 0. The molecule has 0 aliphatic carbocycles. The molecule has 0 aromatic rings. The molecule has 0 saturated heterocycles. The van der Waals surface area contributed by atoms with Gasteiger partial charge in [-0.05, 0) is 0 Å². The maximum absolute atomic E-state index is 8.74. The molecule has 0 heterocycles. The van der Waals surface area contributed by atoms with Crippen molar-refractivity contribution in [1.29, 1.82) is 0 Å². The molecule has 0 spiro atoms. The van der Waals surface area contributed by atoms with Gasteiger partial charge in [-0.3, -0.25) is 9.11 Å². The van der Waals surface area contributed by atoms with Gasteiger partial charge < -0.3 is 6.90 Å². The van der Waals surface area contributed by atoms with Gasteiger partial charge in [0, 0.05) is 17.1 Å². The van der Waals surface area contributed by atoms with E-state index in [0.29, 0.717) is 0 Å². The van der Waals surface area contributed by atoms with Crippen molar-refractivity contribution in [2.75, 3.05) is 0 Å². The van der Waals surface area contributed by atoms with Crippen LogP contribution in [0.25, 0.3) is 0 Å². The zero-order chi connectivity index (χ0) is 4.50. The molecule has 0 fully saturated rings. The van der Waals surface area contributed by atoms with Gasteiger partial charge in [0.15, 0.2) is 0 Å². The number of hydrogen-bond donors (Lipinski definition) is 2. The summed E-state index contributed by atoms with van der Waals surface area (Å²) >= 11 is 0. The maximum atomic E-state index is 8.74. The van der Waals surface area contributed by atoms with E-state index < -0.39 is 10.4 Å². The van der Waals surface area contributed by atoms with Crippen molar-refractivity contribution in [1.82, 2.24) is 0 Å². The Morgan fingerprint density at radius 1 is 1.25 bits per heavy atom. The Morgan fingerprint density at radius 2 is 1.25 bits per heavy atom. The van der Waals surface area contributed by atoms with Crippen molar-refractivity contribution in [2.45, 2.75) is 0 Å². The first kappa shape index (κ1) is 22.5. The van der Waals surface area contributed by atoms with Crippen LogP contribution in [0.1, 0.15) is 1.43 Å². The van der Waals surface area contributed by atoms with E-state index in [1.165, 1.54) is 0 Å². The van der Waals surface area contributed by atoms with Crippen LogP contribution in [-0.4, -0.2) is 23.0 Å². The van der Waals surface area contributed by atoms with E-state index in [9.17, 15) is 0 Å². The molecule has 0 amide bonds. The minimum Gasteiger partial charge on any atom is -1.00 e. The van der Waals surface area contributed by atoms with Crippen molar-refractivity contribution in [3.05, 3.63) is 0 Å². The van der Waals surface area contributed by atoms with Crippen LogP contribution in [0.2, 0.25) is 0 Å². The summed E-state index contributed by atoms with van der Waals surface area (Å²) in [6.07, 6.45) is 0. The molecule has 8 heteroatoms. The average molecular weight is 212 g/mol. The minimum absolute atomic E-state index is 0. The predicted octanol–water partition coefficient (Wildman–Crippen LogP) is -4.36. The van der Waals surface area contributed by atoms with E-state index in [4.69, 9.17) is 17.5 Å². The molecule has 0 radical (unpaired) electrons. The Bertz CT molecular complexity index is 100. The van der Waals surface area contributed by atoms with Crippen LogP contribution in [0.5, 0.6) is 0 Å². The van der Waals surface area contributed by atoms with E-state index >= 15 is 0 Å². The molecule has 0 unspecified atom stereocenters. The molecule has 0 bridgehead atoms. The summed E-state index contributed by atoms with van der Waals surface area (Å²) in [5, 5.41) is 0. The molecule has 4 N–H and O–H groups in total. The van der Waals surface area contributed by atoms with Crippen LogP contribution in [0.4, 0.5) is 0 Å². The normalized spacial score (nSPS) is 7.25. The molecule has 0 rings (SSSR count). The Morgan fingerprint density at radius 3 is 1.25 bits per heavy atom. The minimum atomic E-state index is -4.67. The smallest absolute Gasteiger partial charge is 1.00 e. The fraction of sp³-hybridized carbons (Fsp3) is 0. The van der Waals surface area contributed by atoms with Crippen molar-refractivity contribution in [2.24, 2.45) is 0 Å². The third-order valence-electron chi connectivity index (χ3n) is 0. The third-order valence-corrected chi connectivity index (χ3v) is 0. The standard InChI is InChI=1S/Fe.K.H2O4S.H2O.H/c;;1-5(2,3)4;;/h;;(H2,1,2,3,4);1H2;/q;+1;;;-1. The van der Waals surface area contributed by atoms with Crippen molar-refractivity contribution in [3.8, 4) is 0 Å². The predicted molar refractivity (Wildman–Crippen MR) is 18.9 cm³/mol. The van der Waals surface area contributed by atoms with Gasteiger partial charge in [-0.1, -0.05) is 0 Å². The first-order valence-electron chi connectivity index (χ1n) is 0.698. The Labute approximate surface area is 101 Å². The van der Waals surface area contributed by atoms with E-state index in [0.717, 1.165) is 0 Å². The second kappa shape index (κ2) is 8.99. The van der Waals surface area contributed by atoms with E-state index in [1.54, 1.807) is 0 Å². The maximum Gasteiger partial charge on any atom is 1.00 e. The second-order valence-corrected chi connectivity index (χ2v) is 1.34. The first-order valence-corrected chi connectivity index (χ1v) is 2.10. The van der Waals surface area contributed by atoms with Gasteiger partial charge in [0.05, 0.1) is 0 Å². The van der Waals surface area contributed by atoms with E-state index in [1.807, 2.05) is 0 Å². The number of rotatable bonds is 0. The van der Waals surface area contributed by atoms with Gasteiger partial charge in [0.25, 0.3) is 0 Å². The van der Waals surface area contributed by atoms with Gasteiger partial charge in [0.1, 0.15) is 0 Å². The third kappa shape index (κ3) is 98.8. The summed E-state index contributed by atoms with van der Waals surface area (Å²) in [6, 6.07) is 0. The average Bonchev–Trinajstić information content (AvgIpc) is 0.722. The van der Waals surface area contributed by atoms with E-state index in [2.05, 4.69) is 0 Å². The Balaban J connectivity index is -0.0000000133. The zero-order valence-electron chi connectivity index (χ0n) is 4.97. The summed E-state index contributed by atoms with van der Waals surface area (Å²) in [4.78, 5) is 0. The summed E-state index contributed by atoms with van der Waals surface area (Å²) in [5.41, 5.74) is 0.